The second-order valence-electron chi connectivity index (χ2n) is 4.51. The highest BCUT2D eigenvalue weighted by Gasteiger charge is 2.24. The Bertz CT molecular complexity index is 195. The molecule has 0 radical (unpaired) electrons. The quantitative estimate of drug-likeness (QED) is 0.573. The van der Waals surface area contributed by atoms with E-state index in [4.69, 9.17) is 4.74 Å². The summed E-state index contributed by atoms with van der Waals surface area (Å²) in [5.74, 6) is 0.0702. The van der Waals surface area contributed by atoms with Gasteiger partial charge < -0.3 is 15.4 Å². The number of carbonyl (C=O) groups is 1. The SMILES string of the molecule is CCC(CC)(CC)CNC(=O)CNCCOC. The summed E-state index contributed by atoms with van der Waals surface area (Å²) in [6.45, 7) is 9.07. The van der Waals surface area contributed by atoms with Crippen molar-refractivity contribution >= 4 is 5.91 Å². The first-order valence-corrected chi connectivity index (χ1v) is 6.60. The second-order valence-corrected chi connectivity index (χ2v) is 4.51. The van der Waals surface area contributed by atoms with Gasteiger partial charge in [0.1, 0.15) is 0 Å². The van der Waals surface area contributed by atoms with E-state index in [1.807, 2.05) is 0 Å². The maximum absolute atomic E-state index is 11.6. The lowest BCUT2D eigenvalue weighted by atomic mass is 9.80. The summed E-state index contributed by atoms with van der Waals surface area (Å²) in [5, 5.41) is 6.05. The summed E-state index contributed by atoms with van der Waals surface area (Å²) in [5.41, 5.74) is 0.266. The van der Waals surface area contributed by atoms with Gasteiger partial charge in [-0.1, -0.05) is 20.8 Å². The van der Waals surface area contributed by atoms with Crippen LogP contribution in [0.25, 0.3) is 0 Å². The van der Waals surface area contributed by atoms with Crippen LogP contribution in [-0.2, 0) is 9.53 Å². The molecular weight excluding hydrogens is 216 g/mol. The van der Waals surface area contributed by atoms with Gasteiger partial charge in [0.2, 0.25) is 5.91 Å². The molecule has 0 aliphatic carbocycles. The molecule has 0 saturated carbocycles. The fourth-order valence-electron chi connectivity index (χ4n) is 1.85. The number of hydrogen-bond acceptors (Lipinski definition) is 3. The van der Waals surface area contributed by atoms with E-state index in [0.717, 1.165) is 25.8 Å². The maximum atomic E-state index is 11.6. The summed E-state index contributed by atoms with van der Waals surface area (Å²) in [6, 6.07) is 0. The average molecular weight is 244 g/mol. The number of amides is 1. The Hall–Kier alpha value is -0.610. The van der Waals surface area contributed by atoms with Crippen molar-refractivity contribution in [2.45, 2.75) is 40.0 Å². The van der Waals surface area contributed by atoms with Crippen LogP contribution in [0.5, 0.6) is 0 Å². The summed E-state index contributed by atoms with van der Waals surface area (Å²) in [7, 11) is 1.65. The van der Waals surface area contributed by atoms with E-state index < -0.39 is 0 Å². The molecular formula is C13H28N2O2. The third kappa shape index (κ3) is 6.64. The standard InChI is InChI=1S/C13H28N2O2/c1-5-13(6-2,7-3)11-15-12(16)10-14-8-9-17-4/h14H,5-11H2,1-4H3,(H,15,16). The Morgan fingerprint density at radius 3 is 2.24 bits per heavy atom. The van der Waals surface area contributed by atoms with Crippen molar-refractivity contribution in [2.24, 2.45) is 5.41 Å². The lowest BCUT2D eigenvalue weighted by Crippen LogP contribution is -2.41. The average Bonchev–Trinajstić information content (AvgIpc) is 2.37. The molecule has 0 aliphatic heterocycles. The van der Waals surface area contributed by atoms with Gasteiger partial charge in [-0.25, -0.2) is 0 Å². The summed E-state index contributed by atoms with van der Waals surface area (Å²) in [6.07, 6.45) is 3.33. The third-order valence-corrected chi connectivity index (χ3v) is 3.68. The van der Waals surface area contributed by atoms with Crippen LogP contribution in [-0.4, -0.2) is 39.3 Å². The normalized spacial score (nSPS) is 11.5. The lowest BCUT2D eigenvalue weighted by Gasteiger charge is -2.30. The molecule has 0 spiro atoms. The highest BCUT2D eigenvalue weighted by atomic mass is 16.5. The Morgan fingerprint density at radius 2 is 1.76 bits per heavy atom. The van der Waals surface area contributed by atoms with Gasteiger partial charge in [-0.05, 0) is 24.7 Å². The van der Waals surface area contributed by atoms with Crippen molar-refractivity contribution in [1.82, 2.24) is 10.6 Å². The molecule has 0 aromatic heterocycles. The van der Waals surface area contributed by atoms with Crippen LogP contribution < -0.4 is 10.6 Å². The lowest BCUT2D eigenvalue weighted by molar-refractivity contribution is -0.120. The van der Waals surface area contributed by atoms with Crippen molar-refractivity contribution in [3.63, 3.8) is 0 Å². The minimum absolute atomic E-state index is 0.0702. The van der Waals surface area contributed by atoms with Crippen molar-refractivity contribution < 1.29 is 9.53 Å². The van der Waals surface area contributed by atoms with Crippen molar-refractivity contribution in [3.8, 4) is 0 Å². The zero-order valence-corrected chi connectivity index (χ0v) is 11.8. The minimum Gasteiger partial charge on any atom is -0.383 e. The molecule has 0 unspecified atom stereocenters. The van der Waals surface area contributed by atoms with Crippen molar-refractivity contribution in [3.05, 3.63) is 0 Å². The topological polar surface area (TPSA) is 50.4 Å². The van der Waals surface area contributed by atoms with Gasteiger partial charge in [-0.3, -0.25) is 4.79 Å². The molecule has 0 aromatic rings. The maximum Gasteiger partial charge on any atom is 0.233 e. The first kappa shape index (κ1) is 16.4. The zero-order valence-electron chi connectivity index (χ0n) is 11.8. The summed E-state index contributed by atoms with van der Waals surface area (Å²) in [4.78, 5) is 11.6. The van der Waals surface area contributed by atoms with E-state index in [-0.39, 0.29) is 11.3 Å². The first-order valence-electron chi connectivity index (χ1n) is 6.60. The predicted molar refractivity (Wildman–Crippen MR) is 71.1 cm³/mol. The summed E-state index contributed by atoms with van der Waals surface area (Å²) >= 11 is 0. The van der Waals surface area contributed by atoms with Crippen molar-refractivity contribution in [2.75, 3.05) is 33.4 Å². The molecule has 17 heavy (non-hydrogen) atoms. The number of hydrogen-bond donors (Lipinski definition) is 2. The molecule has 1 amide bonds. The molecule has 0 fully saturated rings. The van der Waals surface area contributed by atoms with E-state index in [1.54, 1.807) is 7.11 Å². The van der Waals surface area contributed by atoms with E-state index in [2.05, 4.69) is 31.4 Å². The van der Waals surface area contributed by atoms with Crippen LogP contribution in [0.2, 0.25) is 0 Å². The Balaban J connectivity index is 3.81. The molecule has 102 valence electrons. The molecule has 0 aliphatic rings. The molecule has 0 aromatic carbocycles. The van der Waals surface area contributed by atoms with Gasteiger partial charge in [0.25, 0.3) is 0 Å². The highest BCUT2D eigenvalue weighted by molar-refractivity contribution is 5.78. The monoisotopic (exact) mass is 244 g/mol. The van der Waals surface area contributed by atoms with Crippen LogP contribution in [0.3, 0.4) is 0 Å². The predicted octanol–water partition coefficient (Wildman–Crippen LogP) is 1.55. The number of nitrogens with one attached hydrogen (secondary N) is 2. The fourth-order valence-corrected chi connectivity index (χ4v) is 1.85. The van der Waals surface area contributed by atoms with Gasteiger partial charge >= 0.3 is 0 Å². The molecule has 0 heterocycles. The minimum atomic E-state index is 0.0702. The Kier molecular flexibility index (Phi) is 9.09. The van der Waals surface area contributed by atoms with Crippen LogP contribution in [0.15, 0.2) is 0 Å². The van der Waals surface area contributed by atoms with Crippen molar-refractivity contribution in [1.29, 1.82) is 0 Å². The van der Waals surface area contributed by atoms with Crippen LogP contribution in [0.1, 0.15) is 40.0 Å². The number of methoxy groups -OCH3 is 1. The molecule has 4 nitrogen and oxygen atoms in total. The largest absolute Gasteiger partial charge is 0.383 e. The van der Waals surface area contributed by atoms with Gasteiger partial charge in [0.15, 0.2) is 0 Å². The molecule has 0 saturated heterocycles. The molecule has 0 bridgehead atoms. The van der Waals surface area contributed by atoms with Crippen LogP contribution >= 0.6 is 0 Å². The summed E-state index contributed by atoms with van der Waals surface area (Å²) < 4.78 is 4.90. The smallest absolute Gasteiger partial charge is 0.233 e. The molecule has 4 heteroatoms. The highest BCUT2D eigenvalue weighted by Crippen LogP contribution is 2.28. The van der Waals surface area contributed by atoms with E-state index in [9.17, 15) is 4.79 Å². The first-order chi connectivity index (χ1) is 8.14. The van der Waals surface area contributed by atoms with E-state index in [0.29, 0.717) is 19.7 Å². The zero-order chi connectivity index (χ0) is 13.1. The van der Waals surface area contributed by atoms with Gasteiger partial charge in [-0.15, -0.1) is 0 Å². The Labute approximate surface area is 105 Å². The molecule has 0 rings (SSSR count). The Morgan fingerprint density at radius 1 is 1.18 bits per heavy atom. The molecule has 0 atom stereocenters. The van der Waals surface area contributed by atoms with E-state index >= 15 is 0 Å². The molecule has 2 N–H and O–H groups in total. The second kappa shape index (κ2) is 9.42. The van der Waals surface area contributed by atoms with Crippen LogP contribution in [0.4, 0.5) is 0 Å². The third-order valence-electron chi connectivity index (χ3n) is 3.68. The van der Waals surface area contributed by atoms with Gasteiger partial charge in [0.05, 0.1) is 13.2 Å². The number of rotatable bonds is 10. The van der Waals surface area contributed by atoms with Gasteiger partial charge in [-0.2, -0.15) is 0 Å². The van der Waals surface area contributed by atoms with Crippen LogP contribution in [0, 0.1) is 5.41 Å². The van der Waals surface area contributed by atoms with Gasteiger partial charge in [0, 0.05) is 20.2 Å². The number of ether oxygens (including phenoxy) is 1. The number of carbonyl (C=O) groups excluding carboxylic acids is 1. The fraction of sp³-hybridized carbons (Fsp3) is 0.923. The van der Waals surface area contributed by atoms with E-state index in [1.165, 1.54) is 0 Å².